The molecule has 2 saturated heterocycles. The highest BCUT2D eigenvalue weighted by Gasteiger charge is 2.38. The van der Waals surface area contributed by atoms with Crippen LogP contribution in [-0.4, -0.2) is 278 Å². The number of hydrogen-bond acceptors (Lipinski definition) is 24. The van der Waals surface area contributed by atoms with Crippen molar-refractivity contribution in [2.75, 3.05) is 95.4 Å². The minimum absolute atomic E-state index is 0.0441. The number of para-hydroxylation sites is 1. The second-order valence-electron chi connectivity index (χ2n) is 27.4. The SMILES string of the molecule is C[C@@H](O)[C@@H]1NC(=O)[C@H](CCCCN)NC(=O)[C@@H](Cc2c[nH]c3ccccc23)NC(=O)[C@H](Cc2ccc(O)cc2)NC(=O)[C@@H](NC(=O)C(Cc2ccccc2)NC(=S)Nc2ccc(CC3CN(CC(N)=O)CCN(CC(N)=O)CCN(CC(N)=O)CCN3CC(N)=O)cc2)CSSC[C@@H](C(=O)C[C@@H](O)[C@H](N)C(=O)O)NC1=O. The topological polar surface area (TPSA) is 567 Å². The van der Waals surface area contributed by atoms with Crippen molar-refractivity contribution in [2.24, 2.45) is 34.4 Å². The number of aliphatic hydroxyl groups excluding tert-OH is 2. The van der Waals surface area contributed by atoms with Crippen LogP contribution >= 0.6 is 33.8 Å². The van der Waals surface area contributed by atoms with Crippen LogP contribution in [0, 0.1) is 0 Å². The number of aromatic hydroxyl groups is 1. The van der Waals surface area contributed by atoms with Gasteiger partial charge in [-0.15, -0.1) is 0 Å². The second kappa shape index (κ2) is 44.2. The summed E-state index contributed by atoms with van der Waals surface area (Å²) < 4.78 is 0. The monoisotopic (exact) mass is 1600 g/mol. The van der Waals surface area contributed by atoms with Crippen LogP contribution in [0.25, 0.3) is 10.9 Å². The lowest BCUT2D eigenvalue weighted by molar-refractivity contribution is -0.142. The molecule has 111 heavy (non-hydrogen) atoms. The molecule has 0 saturated carbocycles. The standard InChI is InChI=1S/C73H101N19O16S3/c1-42(93)65-71(106)85-56(58(95)33-59(96)64(79)72(107)108)40-110-111-41-57(70(105)83-53(31-45-16-20-49(94)21-17-45)67(102)84-55(32-46-34-80-51-12-6-5-11-50(46)51)69(104)82-52(66(101)88-65)13-7-8-22-74)86-68(103)54(30-43-9-3-2-4-10-43)87-73(109)81-47-18-14-44(15-19-47)29-48-35-91(38-62(77)99)26-25-89(36-60(75)97)23-24-90(37-61(76)98)27-28-92(48)39-63(78)100/h2-6,9-12,14-21,34,42,48,52-57,59,64-65,80,93-94,96H,7-8,13,22-33,35-41,74,79H2,1H3,(H2,75,97)(H2,76,98)(H2,77,99)(H2,78,100)(H,82,104)(H,83,105)(H,84,102)(H,85,106)(H,86,103)(H,88,101)(H,107,108)(H2,81,87,109)/t42-,48?,52+,53+,54?,55-,56+,57+,59-,64+,65+/m1/s1. The van der Waals surface area contributed by atoms with Crippen molar-refractivity contribution in [3.63, 3.8) is 0 Å². The number of benzene rings is 4. The Morgan fingerprint density at radius 2 is 1.16 bits per heavy atom. The molecule has 5 aromatic rings. The molecule has 1 aromatic heterocycles. The Hall–Kier alpha value is -9.87. The summed E-state index contributed by atoms with van der Waals surface area (Å²) in [6.07, 6.45) is -2.56. The highest BCUT2D eigenvalue weighted by molar-refractivity contribution is 8.76. The summed E-state index contributed by atoms with van der Waals surface area (Å²) in [4.78, 5) is 176. The number of amides is 10. The van der Waals surface area contributed by atoms with Gasteiger partial charge in [0.15, 0.2) is 10.9 Å². The predicted octanol–water partition coefficient (Wildman–Crippen LogP) is -4.12. The molecule has 2 aliphatic heterocycles. The molecule has 2 fully saturated rings. The Balaban J connectivity index is 1.23. The van der Waals surface area contributed by atoms with Crippen LogP contribution in [0.2, 0.25) is 0 Å². The first kappa shape index (κ1) is 88.3. The average Bonchev–Trinajstić information content (AvgIpc) is 1.78. The number of unbranched alkanes of at least 4 members (excludes halogenated alkanes) is 1. The number of anilines is 1. The number of primary amides is 4. The number of aliphatic hydroxyl groups is 2. The number of aromatic nitrogens is 1. The van der Waals surface area contributed by atoms with Gasteiger partial charge in [-0.1, -0.05) is 94.4 Å². The lowest BCUT2D eigenvalue weighted by Crippen LogP contribution is -2.62. The van der Waals surface area contributed by atoms with Gasteiger partial charge in [0.2, 0.25) is 59.1 Å². The van der Waals surface area contributed by atoms with Gasteiger partial charge in [-0.05, 0) is 104 Å². The molecule has 25 N–H and O–H groups in total. The third kappa shape index (κ3) is 29.4. The van der Waals surface area contributed by atoms with Crippen molar-refractivity contribution in [3.8, 4) is 5.75 Å². The quantitative estimate of drug-likeness (QED) is 0.0118. The molecule has 2 unspecified atom stereocenters. The normalized spacial score (nSPS) is 21.5. The van der Waals surface area contributed by atoms with Gasteiger partial charge < -0.3 is 102 Å². The van der Waals surface area contributed by atoms with E-state index in [0.717, 1.165) is 27.2 Å². The van der Waals surface area contributed by atoms with Gasteiger partial charge in [0.1, 0.15) is 48.0 Å². The van der Waals surface area contributed by atoms with Crippen molar-refractivity contribution in [2.45, 2.75) is 125 Å². The molecule has 7 rings (SSSR count). The third-order valence-electron chi connectivity index (χ3n) is 18.6. The summed E-state index contributed by atoms with van der Waals surface area (Å²) in [5, 5.41) is 64.9. The average molecular weight is 1600 g/mol. The van der Waals surface area contributed by atoms with E-state index >= 15 is 19.2 Å². The van der Waals surface area contributed by atoms with Crippen molar-refractivity contribution < 1.29 is 78.0 Å². The Morgan fingerprint density at radius 3 is 1.78 bits per heavy atom. The molecule has 2 aliphatic rings. The van der Waals surface area contributed by atoms with Gasteiger partial charge in [-0.25, -0.2) is 0 Å². The van der Waals surface area contributed by atoms with Crippen molar-refractivity contribution in [1.82, 2.24) is 61.8 Å². The largest absolute Gasteiger partial charge is 0.508 e. The van der Waals surface area contributed by atoms with E-state index in [4.69, 9.17) is 46.6 Å². The Bertz CT molecular complexity index is 4020. The number of carbonyl (C=O) groups is 12. The molecule has 35 nitrogen and oxygen atoms in total. The maximum Gasteiger partial charge on any atom is 0.323 e. The molecule has 0 spiro atoms. The van der Waals surface area contributed by atoms with Crippen molar-refractivity contribution in [1.29, 1.82) is 0 Å². The summed E-state index contributed by atoms with van der Waals surface area (Å²) in [7, 11) is 1.79. The fourth-order valence-electron chi connectivity index (χ4n) is 12.7. The smallest absolute Gasteiger partial charge is 0.323 e. The van der Waals surface area contributed by atoms with Gasteiger partial charge in [-0.3, -0.25) is 77.1 Å². The van der Waals surface area contributed by atoms with Crippen molar-refractivity contribution >= 4 is 126 Å². The van der Waals surface area contributed by atoms with Crippen LogP contribution in [0.15, 0.2) is 109 Å². The molecule has 38 heteroatoms. The summed E-state index contributed by atoms with van der Waals surface area (Å²) >= 11 is 5.90. The lowest BCUT2D eigenvalue weighted by atomic mass is 10.0. The molecule has 11 atom stereocenters. The number of aliphatic carboxylic acids is 1. The number of aromatic amines is 1. The van der Waals surface area contributed by atoms with E-state index in [9.17, 15) is 58.8 Å². The number of phenols is 1. The van der Waals surface area contributed by atoms with E-state index < -0.39 is 150 Å². The van der Waals surface area contributed by atoms with Gasteiger partial charge >= 0.3 is 5.97 Å². The molecule has 10 amide bonds. The van der Waals surface area contributed by atoms with E-state index in [1.165, 1.54) is 31.2 Å². The number of fused-ring (bicyclic) bond motifs is 1. The zero-order chi connectivity index (χ0) is 80.8. The Labute approximate surface area is 654 Å². The van der Waals surface area contributed by atoms with Crippen molar-refractivity contribution in [3.05, 3.63) is 132 Å². The summed E-state index contributed by atoms with van der Waals surface area (Å²) in [6.45, 7) is 2.68. The molecule has 602 valence electrons. The molecule has 4 aromatic carbocycles. The molecular formula is C73H101N19O16S3. The predicted molar refractivity (Wildman–Crippen MR) is 421 cm³/mol. The number of nitrogens with two attached hydrogens (primary N) is 6. The van der Waals surface area contributed by atoms with E-state index in [0.29, 0.717) is 52.8 Å². The third-order valence-corrected chi connectivity index (χ3v) is 21.3. The number of thiocarbonyl (C=S) groups is 1. The number of nitrogens with zero attached hydrogens (tertiary/aromatic N) is 4. The number of rotatable bonds is 30. The first-order valence-electron chi connectivity index (χ1n) is 36.1. The number of carboxylic acid groups (broad SMARTS) is 1. The number of carbonyl (C=O) groups excluding carboxylic acids is 11. The van der Waals surface area contributed by atoms with Crippen LogP contribution in [0.4, 0.5) is 5.69 Å². The summed E-state index contributed by atoms with van der Waals surface area (Å²) in [5.41, 5.74) is 37.9. The molecule has 3 heterocycles. The van der Waals surface area contributed by atoms with Gasteiger partial charge in [-0.2, -0.15) is 0 Å². The van der Waals surface area contributed by atoms with E-state index in [-0.39, 0.29) is 121 Å². The number of nitrogens with one attached hydrogen (secondary N) is 9. The number of ketones is 1. The maximum absolute atomic E-state index is 15.4. The molecule has 0 bridgehead atoms. The van der Waals surface area contributed by atoms with E-state index in [2.05, 4.69) is 47.5 Å². The van der Waals surface area contributed by atoms with Crippen LogP contribution in [-0.2, 0) is 83.2 Å². The highest BCUT2D eigenvalue weighted by Crippen LogP contribution is 2.26. The van der Waals surface area contributed by atoms with Gasteiger partial charge in [0.05, 0.1) is 44.4 Å². The fourth-order valence-corrected chi connectivity index (χ4v) is 15.3. The number of H-pyrrole nitrogens is 1. The Morgan fingerprint density at radius 1 is 0.613 bits per heavy atom. The van der Waals surface area contributed by atoms with Crippen LogP contribution in [0.3, 0.4) is 0 Å². The molecular weight excluding hydrogens is 1500 g/mol. The minimum atomic E-state index is -1.96. The number of Topliss-reactive ketones (excluding diaryl/α,β-unsaturated/α-hetero) is 1. The fraction of sp³-hybridized carbons (Fsp3) is 0.466. The highest BCUT2D eigenvalue weighted by atomic mass is 33.1. The van der Waals surface area contributed by atoms with E-state index in [1.54, 1.807) is 94.9 Å². The molecule has 0 radical (unpaired) electrons. The van der Waals surface area contributed by atoms with Crippen LogP contribution in [0.1, 0.15) is 54.9 Å². The zero-order valence-corrected chi connectivity index (χ0v) is 63.9. The number of carboxylic acids is 1. The van der Waals surface area contributed by atoms with Crippen LogP contribution in [0.5, 0.6) is 5.75 Å². The first-order chi connectivity index (χ1) is 52.9. The van der Waals surface area contributed by atoms with Crippen LogP contribution < -0.4 is 76.9 Å². The molecule has 0 aliphatic carbocycles. The van der Waals surface area contributed by atoms with Gasteiger partial charge in [0, 0.05) is 112 Å². The number of hydrogen-bond donors (Lipinski definition) is 19. The Kier molecular flexibility index (Phi) is 35.2. The van der Waals surface area contributed by atoms with Gasteiger partial charge in [0.25, 0.3) is 0 Å². The maximum atomic E-state index is 15.4. The lowest BCUT2D eigenvalue weighted by Gasteiger charge is -2.38. The minimum Gasteiger partial charge on any atom is -0.508 e. The summed E-state index contributed by atoms with van der Waals surface area (Å²) in [5.74, 6) is -11.5. The summed E-state index contributed by atoms with van der Waals surface area (Å²) in [6, 6.07) is 15.5. The number of phenolic OH excluding ortho intramolecular Hbond substituents is 1. The van der Waals surface area contributed by atoms with E-state index in [1.807, 2.05) is 9.80 Å². The zero-order valence-electron chi connectivity index (χ0n) is 61.5. The second-order valence-corrected chi connectivity index (χ2v) is 30.4. The first-order valence-corrected chi connectivity index (χ1v) is 39.0.